The summed E-state index contributed by atoms with van der Waals surface area (Å²) in [7, 11) is -0.246. The van der Waals surface area contributed by atoms with E-state index in [-0.39, 0.29) is 47.1 Å². The zero-order chi connectivity index (χ0) is 26.2. The molecule has 3 unspecified atom stereocenters. The lowest BCUT2D eigenvalue weighted by Gasteiger charge is -2.48. The SMILES string of the molecule is CC(=O)NC1(C(=O)NC(C)(C)C)CC(CCB2OC(C)(C)C(C)(C)O2)CCC1CNC(C)(C)C. The first kappa shape index (κ1) is 29.1. The number of carbonyl (C=O) groups excluding carboxylic acids is 2. The average molecular weight is 480 g/mol. The minimum absolute atomic E-state index is 0.00562. The molecule has 2 aliphatic rings. The zero-order valence-corrected chi connectivity index (χ0v) is 23.6. The summed E-state index contributed by atoms with van der Waals surface area (Å²) in [5, 5.41) is 9.88. The number of carbonyl (C=O) groups is 2. The summed E-state index contributed by atoms with van der Waals surface area (Å²) < 4.78 is 12.4. The highest BCUT2D eigenvalue weighted by atomic mass is 16.7. The molecule has 196 valence electrons. The normalized spacial score (nSPS) is 29.1. The third-order valence-corrected chi connectivity index (χ3v) is 7.52. The van der Waals surface area contributed by atoms with Gasteiger partial charge < -0.3 is 25.3 Å². The van der Waals surface area contributed by atoms with Crippen LogP contribution in [0, 0.1) is 11.8 Å². The molecule has 3 atom stereocenters. The van der Waals surface area contributed by atoms with Gasteiger partial charge in [-0.3, -0.25) is 9.59 Å². The van der Waals surface area contributed by atoms with Gasteiger partial charge in [-0.15, -0.1) is 0 Å². The molecule has 2 fully saturated rings. The largest absolute Gasteiger partial charge is 0.457 e. The van der Waals surface area contributed by atoms with Crippen molar-refractivity contribution in [3.05, 3.63) is 0 Å². The molecule has 1 saturated heterocycles. The second-order valence-electron chi connectivity index (χ2n) is 13.6. The maximum absolute atomic E-state index is 13.8. The number of nitrogens with one attached hydrogen (secondary N) is 3. The summed E-state index contributed by atoms with van der Waals surface area (Å²) >= 11 is 0. The topological polar surface area (TPSA) is 88.7 Å². The maximum atomic E-state index is 13.8. The minimum atomic E-state index is -0.948. The molecular formula is C26H50BN3O4. The number of hydrogen-bond acceptors (Lipinski definition) is 5. The summed E-state index contributed by atoms with van der Waals surface area (Å²) in [5.41, 5.74) is -2.10. The van der Waals surface area contributed by atoms with E-state index in [1.807, 2.05) is 20.8 Å². The Morgan fingerprint density at radius 1 is 0.941 bits per heavy atom. The molecule has 1 aliphatic heterocycles. The molecule has 1 aliphatic carbocycles. The Morgan fingerprint density at radius 3 is 1.97 bits per heavy atom. The monoisotopic (exact) mass is 479 g/mol. The lowest BCUT2D eigenvalue weighted by atomic mass is 9.64. The molecule has 3 N–H and O–H groups in total. The number of rotatable bonds is 7. The molecule has 34 heavy (non-hydrogen) atoms. The van der Waals surface area contributed by atoms with Crippen molar-refractivity contribution >= 4 is 18.9 Å². The molecule has 0 radical (unpaired) electrons. The molecule has 0 bridgehead atoms. The second-order valence-corrected chi connectivity index (χ2v) is 13.6. The van der Waals surface area contributed by atoms with Gasteiger partial charge in [-0.1, -0.05) is 6.42 Å². The van der Waals surface area contributed by atoms with E-state index in [1.165, 1.54) is 6.92 Å². The van der Waals surface area contributed by atoms with E-state index >= 15 is 0 Å². The number of amides is 2. The number of hydrogen-bond donors (Lipinski definition) is 3. The van der Waals surface area contributed by atoms with Gasteiger partial charge in [0.05, 0.1) is 11.2 Å². The highest BCUT2D eigenvalue weighted by Crippen LogP contribution is 2.42. The summed E-state index contributed by atoms with van der Waals surface area (Å²) in [6, 6.07) is 0. The van der Waals surface area contributed by atoms with Crippen LogP contribution in [0.1, 0.15) is 102 Å². The van der Waals surface area contributed by atoms with Gasteiger partial charge in [-0.05, 0) is 101 Å². The molecule has 7 nitrogen and oxygen atoms in total. The highest BCUT2D eigenvalue weighted by Gasteiger charge is 2.53. The molecule has 0 aromatic heterocycles. The van der Waals surface area contributed by atoms with Crippen molar-refractivity contribution in [2.45, 2.75) is 136 Å². The maximum Gasteiger partial charge on any atom is 0.457 e. The van der Waals surface area contributed by atoms with Gasteiger partial charge in [-0.2, -0.15) is 0 Å². The minimum Gasteiger partial charge on any atom is -0.403 e. The van der Waals surface area contributed by atoms with E-state index in [4.69, 9.17) is 9.31 Å². The Hall–Kier alpha value is -1.12. The molecule has 8 heteroatoms. The molecule has 2 amide bonds. The lowest BCUT2D eigenvalue weighted by molar-refractivity contribution is -0.139. The van der Waals surface area contributed by atoms with Crippen molar-refractivity contribution in [2.24, 2.45) is 11.8 Å². The molecule has 0 aromatic carbocycles. The first-order valence-corrected chi connectivity index (χ1v) is 13.0. The van der Waals surface area contributed by atoms with Crippen molar-refractivity contribution in [2.75, 3.05) is 6.54 Å². The van der Waals surface area contributed by atoms with Gasteiger partial charge in [-0.25, -0.2) is 0 Å². The first-order chi connectivity index (χ1) is 15.3. The van der Waals surface area contributed by atoms with E-state index in [1.54, 1.807) is 0 Å². The van der Waals surface area contributed by atoms with Crippen molar-refractivity contribution < 1.29 is 18.9 Å². The third-order valence-electron chi connectivity index (χ3n) is 7.52. The molecule has 1 heterocycles. The van der Waals surface area contributed by atoms with Crippen LogP contribution in [0.5, 0.6) is 0 Å². The van der Waals surface area contributed by atoms with Crippen LogP contribution in [-0.2, 0) is 18.9 Å². The second kappa shape index (κ2) is 10.1. The van der Waals surface area contributed by atoms with Crippen molar-refractivity contribution in [1.82, 2.24) is 16.0 Å². The van der Waals surface area contributed by atoms with Crippen LogP contribution in [0.25, 0.3) is 0 Å². The fourth-order valence-corrected chi connectivity index (χ4v) is 5.07. The zero-order valence-electron chi connectivity index (χ0n) is 23.6. The van der Waals surface area contributed by atoms with Crippen molar-refractivity contribution in [3.63, 3.8) is 0 Å². The van der Waals surface area contributed by atoms with E-state index < -0.39 is 5.54 Å². The van der Waals surface area contributed by atoms with Crippen LogP contribution in [0.4, 0.5) is 0 Å². The highest BCUT2D eigenvalue weighted by molar-refractivity contribution is 6.45. The van der Waals surface area contributed by atoms with Crippen LogP contribution in [0.3, 0.4) is 0 Å². The molecule has 0 aromatic rings. The molecule has 0 spiro atoms. The Morgan fingerprint density at radius 2 is 1.50 bits per heavy atom. The van der Waals surface area contributed by atoms with Gasteiger partial charge in [0.15, 0.2) is 0 Å². The molecular weight excluding hydrogens is 429 g/mol. The third kappa shape index (κ3) is 7.44. The Kier molecular flexibility index (Phi) is 8.65. The summed E-state index contributed by atoms with van der Waals surface area (Å²) in [4.78, 5) is 26.2. The van der Waals surface area contributed by atoms with E-state index in [0.29, 0.717) is 18.9 Å². The summed E-state index contributed by atoms with van der Waals surface area (Å²) in [6.07, 6.45) is 4.17. The lowest BCUT2D eigenvalue weighted by Crippen LogP contribution is -2.68. The summed E-state index contributed by atoms with van der Waals surface area (Å²) in [6.45, 7) is 22.8. The van der Waals surface area contributed by atoms with Crippen molar-refractivity contribution in [3.8, 4) is 0 Å². The average Bonchev–Trinajstić information content (AvgIpc) is 2.83. The van der Waals surface area contributed by atoms with Gasteiger partial charge in [0, 0.05) is 30.5 Å². The van der Waals surface area contributed by atoms with Crippen LogP contribution in [0.2, 0.25) is 6.32 Å². The van der Waals surface area contributed by atoms with E-state index in [9.17, 15) is 9.59 Å². The van der Waals surface area contributed by atoms with Gasteiger partial charge in [0.1, 0.15) is 5.54 Å². The van der Waals surface area contributed by atoms with Gasteiger partial charge >= 0.3 is 7.12 Å². The van der Waals surface area contributed by atoms with Gasteiger partial charge in [0.25, 0.3) is 0 Å². The van der Waals surface area contributed by atoms with Crippen LogP contribution >= 0.6 is 0 Å². The first-order valence-electron chi connectivity index (χ1n) is 13.0. The van der Waals surface area contributed by atoms with E-state index in [2.05, 4.69) is 64.4 Å². The van der Waals surface area contributed by atoms with Gasteiger partial charge in [0.2, 0.25) is 11.8 Å². The van der Waals surface area contributed by atoms with Crippen LogP contribution < -0.4 is 16.0 Å². The quantitative estimate of drug-likeness (QED) is 0.480. The van der Waals surface area contributed by atoms with Crippen LogP contribution in [-0.4, -0.2) is 53.3 Å². The van der Waals surface area contributed by atoms with E-state index in [0.717, 1.165) is 25.6 Å². The fourth-order valence-electron chi connectivity index (χ4n) is 5.07. The van der Waals surface area contributed by atoms with Crippen molar-refractivity contribution in [1.29, 1.82) is 0 Å². The molecule has 2 rings (SSSR count). The predicted molar refractivity (Wildman–Crippen MR) is 139 cm³/mol. The Balaban J connectivity index is 2.23. The Labute approximate surface area is 208 Å². The standard InChI is InChI=1S/C26H50BN3O4/c1-18(31)29-26(21(32)30-23(5,6)7)16-19(12-13-20(26)17-28-22(2,3)4)14-15-27-33-24(8,9)25(10,11)34-27/h19-20,28H,12-17H2,1-11H3,(H,29,31)(H,30,32). The summed E-state index contributed by atoms with van der Waals surface area (Å²) in [5.74, 6) is 0.0428. The fraction of sp³-hybridized carbons (Fsp3) is 0.923. The van der Waals surface area contributed by atoms with Crippen LogP contribution in [0.15, 0.2) is 0 Å². The molecule has 1 saturated carbocycles. The Bertz CT molecular complexity index is 725. The smallest absolute Gasteiger partial charge is 0.403 e. The predicted octanol–water partition coefficient (Wildman–Crippen LogP) is 4.06.